The lowest BCUT2D eigenvalue weighted by molar-refractivity contribution is -0.141. The molecule has 400 valence electrons. The molecule has 0 unspecified atom stereocenters. The highest BCUT2D eigenvalue weighted by molar-refractivity contribution is 6.35. The van der Waals surface area contributed by atoms with Gasteiger partial charge in [0.25, 0.3) is 5.88 Å². The number of hydrogen-bond acceptors (Lipinski definition) is 15. The number of β-amino-alcohol motifs (C(OH)–C–C–N with tert-alkyl or cyclic N) is 1. The van der Waals surface area contributed by atoms with Crippen molar-refractivity contribution in [1.82, 2.24) is 35.1 Å². The minimum Gasteiger partial charge on any atom is -0.508 e. The summed E-state index contributed by atoms with van der Waals surface area (Å²) in [4.78, 5) is 57.2. The first-order chi connectivity index (χ1) is 37.1. The summed E-state index contributed by atoms with van der Waals surface area (Å²) in [5.41, 5.74) is 1.70. The molecule has 3 amide bonds. The number of phenolic OH excluding ortho intramolecular Hbond substituents is 1. The van der Waals surface area contributed by atoms with Crippen LogP contribution in [0.1, 0.15) is 75.3 Å². The Kier molecular flexibility index (Phi) is 16.5. The Labute approximate surface area is 450 Å². The molecular formula is C57H60ClFN10O8. The molecule has 3 saturated heterocycles. The molecule has 9 rings (SSSR count). The number of nitrogens with one attached hydrogen (secondary N) is 1. The number of aliphatic hydroxyl groups excluding tert-OH is 1. The number of anilines is 1. The van der Waals surface area contributed by atoms with Crippen molar-refractivity contribution in [1.29, 1.82) is 10.5 Å². The van der Waals surface area contributed by atoms with Gasteiger partial charge in [0.2, 0.25) is 17.7 Å². The molecule has 3 fully saturated rings. The molecule has 20 heteroatoms. The van der Waals surface area contributed by atoms with Crippen LogP contribution >= 0.6 is 11.6 Å². The lowest BCUT2D eigenvalue weighted by atomic mass is 9.91. The summed E-state index contributed by atoms with van der Waals surface area (Å²) in [5.74, 6) is -1.79. The molecule has 3 N–H and O–H groups in total. The summed E-state index contributed by atoms with van der Waals surface area (Å²) in [6, 6.07) is 22.9. The number of carbonyl (C=O) groups is 3. The maximum absolute atomic E-state index is 17.2. The Morgan fingerprint density at radius 3 is 2.47 bits per heavy atom. The smallest absolute Gasteiger partial charge is 0.319 e. The Bertz CT molecular complexity index is 3260. The van der Waals surface area contributed by atoms with Crippen LogP contribution in [-0.4, -0.2) is 135 Å². The van der Waals surface area contributed by atoms with Gasteiger partial charge in [-0.3, -0.25) is 19.3 Å². The predicted octanol–water partition coefficient (Wildman–Crippen LogP) is 7.67. The highest BCUT2D eigenvalue weighted by atomic mass is 35.5. The van der Waals surface area contributed by atoms with Gasteiger partial charge >= 0.3 is 6.01 Å². The zero-order valence-electron chi connectivity index (χ0n) is 43.1. The number of piperazine rings is 1. The van der Waals surface area contributed by atoms with E-state index in [9.17, 15) is 29.9 Å². The van der Waals surface area contributed by atoms with Crippen molar-refractivity contribution in [3.63, 3.8) is 0 Å². The number of likely N-dealkylation sites (tertiary alicyclic amines) is 2. The normalized spacial score (nSPS) is 19.0. The SMILES string of the molecule is C=CC(=O)N1CCN(c2nc(OCCN3CCC(COc4cc([C@@H](C(=O)N5C[C@H](O)C[C@H]5C(=O)N[C@@H](C)c5ccc(C#N)cc5)C(C)C)on4)CC3)nc3c(F)c(-c4cc(O)cc5ccccc45)c(Cl)cc23)C[C@@H]1CC#N. The number of hydrogen-bond donors (Lipinski definition) is 3. The number of ether oxygens (including phenoxy) is 2. The largest absolute Gasteiger partial charge is 0.508 e. The third-order valence-electron chi connectivity index (χ3n) is 14.8. The molecule has 0 radical (unpaired) electrons. The first-order valence-electron chi connectivity index (χ1n) is 25.8. The average Bonchev–Trinajstić information content (AvgIpc) is 4.07. The van der Waals surface area contributed by atoms with Crippen molar-refractivity contribution in [3.05, 3.63) is 113 Å². The fourth-order valence-electron chi connectivity index (χ4n) is 10.7. The molecule has 3 aliphatic heterocycles. The maximum Gasteiger partial charge on any atom is 0.319 e. The highest BCUT2D eigenvalue weighted by Crippen LogP contribution is 2.43. The summed E-state index contributed by atoms with van der Waals surface area (Å²) in [5, 5.41) is 49.1. The fourth-order valence-corrected chi connectivity index (χ4v) is 11.0. The Morgan fingerprint density at radius 2 is 1.74 bits per heavy atom. The van der Waals surface area contributed by atoms with Crippen molar-refractivity contribution in [3.8, 4) is 40.9 Å². The molecule has 2 aromatic heterocycles. The highest BCUT2D eigenvalue weighted by Gasteiger charge is 2.44. The van der Waals surface area contributed by atoms with E-state index >= 15 is 4.39 Å². The molecule has 6 aromatic rings. The fraction of sp³-hybridized carbons (Fsp3) is 0.404. The van der Waals surface area contributed by atoms with Crippen molar-refractivity contribution < 1.29 is 43.0 Å². The van der Waals surface area contributed by atoms with Crippen LogP contribution in [0.25, 0.3) is 32.8 Å². The Hall–Kier alpha value is -7.84. The van der Waals surface area contributed by atoms with E-state index < -0.39 is 36.0 Å². The van der Waals surface area contributed by atoms with E-state index in [-0.39, 0.29) is 102 Å². The van der Waals surface area contributed by atoms with Gasteiger partial charge in [-0.1, -0.05) is 68.4 Å². The monoisotopic (exact) mass is 1070 g/mol. The van der Waals surface area contributed by atoms with Gasteiger partial charge in [0.05, 0.1) is 53.9 Å². The number of aromatic hydroxyl groups is 1. The number of phenols is 1. The van der Waals surface area contributed by atoms with E-state index in [0.29, 0.717) is 58.6 Å². The molecule has 3 aliphatic rings. The molecule has 77 heavy (non-hydrogen) atoms. The van der Waals surface area contributed by atoms with Gasteiger partial charge in [-0.25, -0.2) is 4.39 Å². The van der Waals surface area contributed by atoms with Gasteiger partial charge in [-0.05, 0) is 108 Å². The van der Waals surface area contributed by atoms with Crippen LogP contribution in [0, 0.1) is 40.3 Å². The lowest BCUT2D eigenvalue weighted by Crippen LogP contribution is -2.55. The molecule has 5 atom stereocenters. The third kappa shape index (κ3) is 11.8. The van der Waals surface area contributed by atoms with Crippen molar-refractivity contribution in [2.75, 3.05) is 63.9 Å². The van der Waals surface area contributed by atoms with Crippen LogP contribution in [0.2, 0.25) is 5.02 Å². The molecule has 5 heterocycles. The van der Waals surface area contributed by atoms with Gasteiger partial charge in [-0.2, -0.15) is 20.5 Å². The van der Waals surface area contributed by atoms with E-state index in [1.54, 1.807) is 47.4 Å². The quantitative estimate of drug-likeness (QED) is 0.0744. The third-order valence-corrected chi connectivity index (χ3v) is 15.1. The van der Waals surface area contributed by atoms with Gasteiger partial charge < -0.3 is 44.2 Å². The molecule has 0 bridgehead atoms. The Balaban J connectivity index is 0.834. The zero-order valence-corrected chi connectivity index (χ0v) is 43.8. The van der Waals surface area contributed by atoms with Crippen molar-refractivity contribution in [2.45, 2.75) is 76.6 Å². The lowest BCUT2D eigenvalue weighted by Gasteiger charge is -2.41. The number of aliphatic hydroxyl groups is 1. The number of rotatable bonds is 17. The number of benzene rings is 4. The van der Waals surface area contributed by atoms with Crippen molar-refractivity contribution in [2.24, 2.45) is 11.8 Å². The van der Waals surface area contributed by atoms with Gasteiger partial charge in [0, 0.05) is 56.2 Å². The standard InChI is InChI=1S/C57H60ClFN10O8/c1-5-49(72)68-21-20-67(30-39(68)14-17-60)54-44-27-45(58)51(43-25-40(70)24-38-8-6-7-9-42(38)43)52(59)53(44)63-57(64-54)75-23-22-66-18-15-36(16-19-66)32-76-48-28-47(77-65-48)50(33(2)3)56(74)69-31-41(71)26-46(69)55(73)62-34(4)37-12-10-35(29-61)11-13-37/h5-13,24-25,27-28,33-34,36,39,41,46,50,70-71H,1,14-16,18-23,26,30-32H2,2-4H3,(H,62,73)/t34-,39-,41+,46-,50-/m0/s1. The minimum absolute atomic E-state index is 0.00621. The number of carbonyl (C=O) groups excluding carboxylic acids is 3. The van der Waals surface area contributed by atoms with Gasteiger partial charge in [0.15, 0.2) is 11.6 Å². The van der Waals surface area contributed by atoms with Crippen LogP contribution < -0.4 is 19.7 Å². The predicted molar refractivity (Wildman–Crippen MR) is 285 cm³/mol. The van der Waals surface area contributed by atoms with E-state index in [2.05, 4.69) is 39.1 Å². The Morgan fingerprint density at radius 1 is 0.974 bits per heavy atom. The number of fused-ring (bicyclic) bond motifs is 2. The number of piperidine rings is 1. The van der Waals surface area contributed by atoms with Crippen LogP contribution in [-0.2, 0) is 14.4 Å². The maximum atomic E-state index is 17.2. The number of aromatic nitrogens is 3. The zero-order chi connectivity index (χ0) is 54.5. The van der Waals surface area contributed by atoms with Crippen LogP contribution in [0.15, 0.2) is 90.0 Å². The van der Waals surface area contributed by atoms with Gasteiger partial charge in [-0.15, -0.1) is 0 Å². The molecule has 0 spiro atoms. The second-order valence-electron chi connectivity index (χ2n) is 20.3. The van der Waals surface area contributed by atoms with E-state index in [0.717, 1.165) is 31.5 Å². The molecule has 0 aliphatic carbocycles. The number of nitriles is 2. The van der Waals surface area contributed by atoms with Crippen LogP contribution in [0.3, 0.4) is 0 Å². The second-order valence-corrected chi connectivity index (χ2v) is 20.7. The second kappa shape index (κ2) is 23.6. The minimum atomic E-state index is -0.896. The summed E-state index contributed by atoms with van der Waals surface area (Å²) in [6.07, 6.45) is 2.10. The van der Waals surface area contributed by atoms with Gasteiger partial charge in [0.1, 0.15) is 35.7 Å². The summed E-state index contributed by atoms with van der Waals surface area (Å²) in [7, 11) is 0. The summed E-state index contributed by atoms with van der Waals surface area (Å²) in [6.45, 7) is 12.5. The molecular weight excluding hydrogens is 1010 g/mol. The average molecular weight is 1070 g/mol. The summed E-state index contributed by atoms with van der Waals surface area (Å²) < 4.78 is 35.3. The van der Waals surface area contributed by atoms with Crippen LogP contribution in [0.4, 0.5) is 10.2 Å². The molecule has 0 saturated carbocycles. The van der Waals surface area contributed by atoms with E-state index in [4.69, 9.17) is 35.8 Å². The molecule has 18 nitrogen and oxygen atoms in total. The van der Waals surface area contributed by atoms with Crippen molar-refractivity contribution >= 4 is 56.8 Å². The topological polar surface area (TPSA) is 235 Å². The molecule has 4 aromatic carbocycles. The first-order valence-corrected chi connectivity index (χ1v) is 26.2. The summed E-state index contributed by atoms with van der Waals surface area (Å²) >= 11 is 6.95. The number of halogens is 2. The van der Waals surface area contributed by atoms with E-state index in [1.807, 2.05) is 49.9 Å². The number of amides is 3. The van der Waals surface area contributed by atoms with Crippen LogP contribution in [0.5, 0.6) is 17.6 Å². The first kappa shape index (κ1) is 54.0. The van der Waals surface area contributed by atoms with E-state index in [1.165, 1.54) is 17.0 Å². The number of nitrogens with zero attached hydrogens (tertiary/aromatic N) is 9.